The zero-order valence-corrected chi connectivity index (χ0v) is 12.7. The van der Waals surface area contributed by atoms with Crippen LogP contribution in [-0.2, 0) is 19.8 Å². The second kappa shape index (κ2) is 9.03. The third-order valence-electron chi connectivity index (χ3n) is 2.45. The smallest absolute Gasteiger partial charge is 0.329 e. The van der Waals surface area contributed by atoms with E-state index in [1.54, 1.807) is 0 Å². The number of carbonyl (C=O) groups is 1. The summed E-state index contributed by atoms with van der Waals surface area (Å²) in [5, 5.41) is 7.59. The molecule has 8 heteroatoms. The predicted molar refractivity (Wildman–Crippen MR) is 72.1 cm³/mol. The number of hydrogen-bond donors (Lipinski definition) is 2. The highest BCUT2D eigenvalue weighted by atomic mass is 32.2. The number of rotatable bonds is 6. The van der Waals surface area contributed by atoms with Crippen LogP contribution in [0.5, 0.6) is 0 Å². The molecule has 0 rings (SSSR count). The number of quaternary nitrogens is 1. The summed E-state index contributed by atoms with van der Waals surface area (Å²) < 4.78 is 29.9. The van der Waals surface area contributed by atoms with Gasteiger partial charge in [-0.3, -0.25) is 9.44 Å². The van der Waals surface area contributed by atoms with Gasteiger partial charge in [0.1, 0.15) is 0 Å². The minimum atomic E-state index is -3.76. The lowest BCUT2D eigenvalue weighted by molar-refractivity contribution is -0.888. The van der Waals surface area contributed by atoms with E-state index < -0.39 is 16.1 Å². The van der Waals surface area contributed by atoms with Crippen molar-refractivity contribution in [2.45, 2.75) is 20.3 Å². The molecule has 0 fully saturated rings. The topological polar surface area (TPSA) is 101 Å². The fourth-order valence-electron chi connectivity index (χ4n) is 0.911. The highest BCUT2D eigenvalue weighted by Crippen LogP contribution is 1.99. The third kappa shape index (κ3) is 15.0. The van der Waals surface area contributed by atoms with E-state index in [4.69, 9.17) is 9.81 Å². The Morgan fingerprint density at radius 2 is 1.84 bits per heavy atom. The molecule has 0 heterocycles. The van der Waals surface area contributed by atoms with Crippen molar-refractivity contribution in [2.24, 2.45) is 0 Å². The highest BCUT2D eigenvalue weighted by Gasteiger charge is 2.13. The molecule has 7 nitrogen and oxygen atoms in total. The van der Waals surface area contributed by atoms with Crippen molar-refractivity contribution in [3.8, 4) is 0 Å². The third-order valence-corrected chi connectivity index (χ3v) is 3.26. The molecule has 0 bridgehead atoms. The number of hydrogen-bond acceptors (Lipinski definition) is 5. The van der Waals surface area contributed by atoms with Crippen molar-refractivity contribution in [3.63, 3.8) is 0 Å². The van der Waals surface area contributed by atoms with E-state index in [2.05, 4.69) is 11.5 Å². The lowest BCUT2D eigenvalue weighted by atomic mass is 10.4. The molecule has 0 aliphatic heterocycles. The van der Waals surface area contributed by atoms with Gasteiger partial charge in [-0.1, -0.05) is 6.58 Å². The Labute approximate surface area is 114 Å². The summed E-state index contributed by atoms with van der Waals surface area (Å²) in [5.74, 6) is -0.922. The molecule has 0 aliphatic rings. The minimum absolute atomic E-state index is 0.130. The first-order chi connectivity index (χ1) is 8.45. The SMILES string of the molecule is C=C(C)C(=O)OO.CC[N+](C)(C)CCCS(=O)(=O)O. The number of nitrogens with zero attached hydrogens (tertiary/aromatic N) is 1. The average molecular weight is 298 g/mol. The van der Waals surface area contributed by atoms with Crippen molar-refractivity contribution in [1.29, 1.82) is 0 Å². The largest absolute Gasteiger partial charge is 0.367 e. The average Bonchev–Trinajstić information content (AvgIpc) is 2.26. The maximum absolute atomic E-state index is 10.4. The lowest BCUT2D eigenvalue weighted by Crippen LogP contribution is -2.40. The van der Waals surface area contributed by atoms with Gasteiger partial charge >= 0.3 is 5.97 Å². The minimum Gasteiger partial charge on any atom is -0.329 e. The molecule has 0 aromatic heterocycles. The Hall–Kier alpha value is -0.960. The molecular formula is C11H24NO6S+. The van der Waals surface area contributed by atoms with Crippen LogP contribution in [0, 0.1) is 0 Å². The Balaban J connectivity index is 0. The monoisotopic (exact) mass is 298 g/mol. The van der Waals surface area contributed by atoms with Crippen LogP contribution < -0.4 is 0 Å². The normalized spacial score (nSPS) is 11.3. The van der Waals surface area contributed by atoms with E-state index in [1.807, 2.05) is 21.0 Å². The van der Waals surface area contributed by atoms with Crippen LogP contribution in [0.25, 0.3) is 0 Å². The summed E-state index contributed by atoms with van der Waals surface area (Å²) in [5.41, 5.74) is 0.183. The molecule has 0 spiro atoms. The van der Waals surface area contributed by atoms with Gasteiger partial charge in [-0.25, -0.2) is 4.79 Å². The van der Waals surface area contributed by atoms with Crippen molar-refractivity contribution in [3.05, 3.63) is 12.2 Å². The van der Waals surface area contributed by atoms with Gasteiger partial charge in [-0.15, -0.1) is 0 Å². The van der Waals surface area contributed by atoms with Crippen molar-refractivity contribution < 1.29 is 32.4 Å². The molecule has 0 unspecified atom stereocenters. The Bertz CT molecular complexity index is 388. The van der Waals surface area contributed by atoms with Crippen LogP contribution in [0.3, 0.4) is 0 Å². The quantitative estimate of drug-likeness (QED) is 0.249. The molecule has 0 saturated carbocycles. The van der Waals surface area contributed by atoms with Gasteiger partial charge in [-0.2, -0.15) is 13.7 Å². The van der Waals surface area contributed by atoms with Gasteiger partial charge in [0, 0.05) is 12.0 Å². The number of carbonyl (C=O) groups excluding carboxylic acids is 1. The molecule has 2 N–H and O–H groups in total. The molecule has 19 heavy (non-hydrogen) atoms. The van der Waals surface area contributed by atoms with Gasteiger partial charge in [0.05, 0.1) is 32.9 Å². The Morgan fingerprint density at radius 3 is 2.05 bits per heavy atom. The summed E-state index contributed by atoms with van der Waals surface area (Å²) in [6, 6.07) is 0. The molecule has 0 aromatic rings. The maximum atomic E-state index is 10.4. The summed E-state index contributed by atoms with van der Waals surface area (Å²) in [6.07, 6.45) is 0.514. The maximum Gasteiger partial charge on any atom is 0.367 e. The highest BCUT2D eigenvalue weighted by molar-refractivity contribution is 7.85. The van der Waals surface area contributed by atoms with Crippen molar-refractivity contribution in [2.75, 3.05) is 32.9 Å². The van der Waals surface area contributed by atoms with Crippen LogP contribution in [0.4, 0.5) is 0 Å². The molecule has 0 aromatic carbocycles. The summed E-state index contributed by atoms with van der Waals surface area (Å²) >= 11 is 0. The van der Waals surface area contributed by atoms with E-state index in [-0.39, 0.29) is 11.3 Å². The molecule has 0 radical (unpaired) electrons. The first-order valence-corrected chi connectivity index (χ1v) is 7.34. The summed E-state index contributed by atoms with van der Waals surface area (Å²) in [4.78, 5) is 13.2. The van der Waals surface area contributed by atoms with Gasteiger partial charge in [0.2, 0.25) is 0 Å². The van der Waals surface area contributed by atoms with Gasteiger partial charge in [0.15, 0.2) is 0 Å². The van der Waals surface area contributed by atoms with E-state index >= 15 is 0 Å². The first-order valence-electron chi connectivity index (χ1n) is 5.73. The fourth-order valence-corrected chi connectivity index (χ4v) is 1.40. The van der Waals surface area contributed by atoms with Crippen LogP contribution >= 0.6 is 0 Å². The van der Waals surface area contributed by atoms with E-state index in [9.17, 15) is 13.2 Å². The zero-order valence-electron chi connectivity index (χ0n) is 11.9. The predicted octanol–water partition coefficient (Wildman–Crippen LogP) is 0.939. The van der Waals surface area contributed by atoms with Crippen molar-refractivity contribution >= 4 is 16.1 Å². The van der Waals surface area contributed by atoms with Gasteiger partial charge < -0.3 is 4.48 Å². The van der Waals surface area contributed by atoms with Crippen molar-refractivity contribution in [1.82, 2.24) is 0 Å². The molecular weight excluding hydrogens is 274 g/mol. The molecule has 0 saturated heterocycles. The standard InChI is InChI=1S/C7H17NO3S.C4H6O3/c1-4-8(2,3)6-5-7-12(9,10)11;1-3(2)4(5)7-6/h4-7H2,1-3H3;6H,1H2,2H3/p+1. The van der Waals surface area contributed by atoms with Crippen LogP contribution in [0.15, 0.2) is 12.2 Å². The summed E-state index contributed by atoms with van der Waals surface area (Å²) in [7, 11) is 0.299. The molecule has 0 amide bonds. The van der Waals surface area contributed by atoms with Gasteiger partial charge in [-0.05, 0) is 13.8 Å². The van der Waals surface area contributed by atoms with Crippen LogP contribution in [0.2, 0.25) is 0 Å². The second-order valence-electron chi connectivity index (χ2n) is 4.77. The van der Waals surface area contributed by atoms with Gasteiger partial charge in [0.25, 0.3) is 10.1 Å². The van der Waals surface area contributed by atoms with Crippen LogP contribution in [0.1, 0.15) is 20.3 Å². The molecule has 0 aliphatic carbocycles. The molecule has 114 valence electrons. The first kappa shape index (κ1) is 20.4. The summed E-state index contributed by atoms with van der Waals surface area (Å²) in [6.45, 7) is 8.42. The molecule has 0 atom stereocenters. The van der Waals surface area contributed by atoms with E-state index in [0.717, 1.165) is 17.6 Å². The zero-order chi connectivity index (χ0) is 15.7. The lowest BCUT2D eigenvalue weighted by Gasteiger charge is -2.27. The fraction of sp³-hybridized carbons (Fsp3) is 0.727. The van der Waals surface area contributed by atoms with Crippen LogP contribution in [-0.4, -0.2) is 61.6 Å². The Kier molecular flexibility index (Phi) is 9.67. The van der Waals surface area contributed by atoms with E-state index in [0.29, 0.717) is 6.42 Å². The second-order valence-corrected chi connectivity index (χ2v) is 6.35. The Morgan fingerprint density at radius 1 is 1.37 bits per heavy atom. The van der Waals surface area contributed by atoms with E-state index in [1.165, 1.54) is 6.92 Å².